The van der Waals surface area contributed by atoms with Crippen LogP contribution in [-0.4, -0.2) is 54.8 Å². The smallest absolute Gasteiger partial charge is 0.262 e. The average molecular weight is 299 g/mol. The van der Waals surface area contributed by atoms with Crippen molar-refractivity contribution in [3.05, 3.63) is 18.3 Å². The van der Waals surface area contributed by atoms with Gasteiger partial charge in [-0.1, -0.05) is 0 Å². The van der Waals surface area contributed by atoms with Gasteiger partial charge in [0.05, 0.1) is 5.69 Å². The standard InChI is InChI=1S/C12H21N5O2S/c1-12(2)9-17(8-7-16(12)3)20(18,19)11-10(15-13)5-4-6-14-11/h4-6,15H,7-9,13H2,1-3H3. The first-order chi connectivity index (χ1) is 9.29. The molecule has 2 heterocycles. The number of anilines is 1. The first-order valence-corrected chi connectivity index (χ1v) is 7.86. The number of hydrogen-bond acceptors (Lipinski definition) is 6. The summed E-state index contributed by atoms with van der Waals surface area (Å²) in [6, 6.07) is 3.24. The summed E-state index contributed by atoms with van der Waals surface area (Å²) >= 11 is 0. The SMILES string of the molecule is CN1CCN(S(=O)(=O)c2ncccc2NN)CC1(C)C. The third-order valence-electron chi connectivity index (χ3n) is 3.79. The van der Waals surface area contributed by atoms with Crippen LogP contribution in [0.3, 0.4) is 0 Å². The first-order valence-electron chi connectivity index (χ1n) is 6.42. The highest BCUT2D eigenvalue weighted by molar-refractivity contribution is 7.89. The third-order valence-corrected chi connectivity index (χ3v) is 5.60. The maximum atomic E-state index is 12.7. The van der Waals surface area contributed by atoms with Gasteiger partial charge in [-0.2, -0.15) is 4.31 Å². The largest absolute Gasteiger partial charge is 0.321 e. The second-order valence-corrected chi connectivity index (χ2v) is 7.43. The van der Waals surface area contributed by atoms with E-state index < -0.39 is 10.0 Å². The van der Waals surface area contributed by atoms with Gasteiger partial charge in [0.1, 0.15) is 0 Å². The number of nitrogens with zero attached hydrogens (tertiary/aromatic N) is 3. The molecule has 0 bridgehead atoms. The molecule has 0 aliphatic carbocycles. The molecule has 3 N–H and O–H groups in total. The molecule has 1 fully saturated rings. The number of rotatable bonds is 3. The van der Waals surface area contributed by atoms with Crippen molar-refractivity contribution in [1.82, 2.24) is 14.2 Å². The van der Waals surface area contributed by atoms with Gasteiger partial charge in [0.25, 0.3) is 10.0 Å². The summed E-state index contributed by atoms with van der Waals surface area (Å²) in [6.45, 7) is 5.60. The molecule has 0 spiro atoms. The molecule has 112 valence electrons. The van der Waals surface area contributed by atoms with Gasteiger partial charge in [0.15, 0.2) is 5.03 Å². The van der Waals surface area contributed by atoms with E-state index in [2.05, 4.69) is 15.3 Å². The molecule has 1 aromatic rings. The second kappa shape index (κ2) is 5.28. The van der Waals surface area contributed by atoms with Gasteiger partial charge in [-0.15, -0.1) is 0 Å². The number of aromatic nitrogens is 1. The van der Waals surface area contributed by atoms with Gasteiger partial charge in [-0.05, 0) is 33.0 Å². The zero-order valence-electron chi connectivity index (χ0n) is 12.0. The molecule has 20 heavy (non-hydrogen) atoms. The van der Waals surface area contributed by atoms with E-state index in [1.165, 1.54) is 10.5 Å². The predicted molar refractivity (Wildman–Crippen MR) is 77.5 cm³/mol. The van der Waals surface area contributed by atoms with E-state index in [1.54, 1.807) is 12.1 Å². The Hall–Kier alpha value is -1.22. The molecule has 0 atom stereocenters. The fourth-order valence-electron chi connectivity index (χ4n) is 2.23. The van der Waals surface area contributed by atoms with Gasteiger partial charge in [-0.25, -0.2) is 13.4 Å². The summed E-state index contributed by atoms with van der Waals surface area (Å²) < 4.78 is 26.9. The summed E-state index contributed by atoms with van der Waals surface area (Å²) in [5.74, 6) is 5.37. The Morgan fingerprint density at radius 2 is 2.10 bits per heavy atom. The minimum absolute atomic E-state index is 0.0251. The van der Waals surface area contributed by atoms with Crippen LogP contribution in [0.4, 0.5) is 5.69 Å². The van der Waals surface area contributed by atoms with Crippen molar-refractivity contribution in [3.8, 4) is 0 Å². The molecule has 8 heteroatoms. The van der Waals surface area contributed by atoms with E-state index in [9.17, 15) is 8.42 Å². The molecular formula is C12H21N5O2S. The molecule has 1 aliphatic rings. The van der Waals surface area contributed by atoms with E-state index in [4.69, 9.17) is 5.84 Å². The van der Waals surface area contributed by atoms with Crippen molar-refractivity contribution < 1.29 is 8.42 Å². The van der Waals surface area contributed by atoms with Crippen LogP contribution in [0.15, 0.2) is 23.4 Å². The Bertz CT molecular complexity index is 587. The molecular weight excluding hydrogens is 278 g/mol. The summed E-state index contributed by atoms with van der Waals surface area (Å²) in [5.41, 5.74) is 2.49. The third kappa shape index (κ3) is 2.64. The van der Waals surface area contributed by atoms with Gasteiger partial charge >= 0.3 is 0 Å². The second-order valence-electron chi connectivity index (χ2n) is 5.57. The number of piperazine rings is 1. The zero-order valence-corrected chi connectivity index (χ0v) is 12.8. The van der Waals surface area contributed by atoms with E-state index in [0.717, 1.165) is 0 Å². The maximum Gasteiger partial charge on any atom is 0.262 e. The Morgan fingerprint density at radius 1 is 1.40 bits per heavy atom. The fourth-order valence-corrected chi connectivity index (χ4v) is 3.88. The highest BCUT2D eigenvalue weighted by Crippen LogP contribution is 2.26. The monoisotopic (exact) mass is 299 g/mol. The van der Waals surface area contributed by atoms with Crippen LogP contribution in [-0.2, 0) is 10.0 Å². The van der Waals surface area contributed by atoms with E-state index in [1.807, 2.05) is 20.9 Å². The molecule has 7 nitrogen and oxygen atoms in total. The lowest BCUT2D eigenvalue weighted by Crippen LogP contribution is -2.58. The Labute approximate surface area is 119 Å². The minimum atomic E-state index is -3.65. The number of hydrazine groups is 1. The molecule has 2 rings (SSSR count). The number of pyridine rings is 1. The van der Waals surface area contributed by atoms with Gasteiger partial charge in [0, 0.05) is 31.4 Å². The van der Waals surface area contributed by atoms with Crippen molar-refractivity contribution in [3.63, 3.8) is 0 Å². The molecule has 1 aromatic heterocycles. The Morgan fingerprint density at radius 3 is 2.70 bits per heavy atom. The van der Waals surface area contributed by atoms with Gasteiger partial charge in [-0.3, -0.25) is 10.7 Å². The van der Waals surface area contributed by atoms with Crippen molar-refractivity contribution in [1.29, 1.82) is 0 Å². The van der Waals surface area contributed by atoms with Crippen LogP contribution in [0, 0.1) is 0 Å². The van der Waals surface area contributed by atoms with E-state index in [-0.39, 0.29) is 10.6 Å². The lowest BCUT2D eigenvalue weighted by Gasteiger charge is -2.44. The normalized spacial score (nSPS) is 20.8. The maximum absolute atomic E-state index is 12.7. The molecule has 0 radical (unpaired) electrons. The minimum Gasteiger partial charge on any atom is -0.321 e. The van der Waals surface area contributed by atoms with Crippen molar-refractivity contribution >= 4 is 15.7 Å². The van der Waals surface area contributed by atoms with Gasteiger partial charge < -0.3 is 5.43 Å². The Kier molecular flexibility index (Phi) is 4.01. The molecule has 1 aliphatic heterocycles. The average Bonchev–Trinajstić information content (AvgIpc) is 2.41. The number of hydrogen-bond donors (Lipinski definition) is 2. The number of likely N-dealkylation sites (N-methyl/N-ethyl adjacent to an activating group) is 1. The molecule has 0 aromatic carbocycles. The van der Waals surface area contributed by atoms with E-state index in [0.29, 0.717) is 25.3 Å². The predicted octanol–water partition coefficient (Wildman–Crippen LogP) is 0.0819. The number of nitrogens with two attached hydrogens (primary N) is 1. The quantitative estimate of drug-likeness (QED) is 0.607. The molecule has 0 saturated carbocycles. The zero-order chi connectivity index (χ0) is 15.0. The van der Waals surface area contributed by atoms with Crippen LogP contribution in [0.1, 0.15) is 13.8 Å². The number of nitrogens with one attached hydrogen (secondary N) is 1. The first kappa shape index (κ1) is 15.2. The Balaban J connectivity index is 2.36. The van der Waals surface area contributed by atoms with Crippen LogP contribution in [0.2, 0.25) is 0 Å². The molecule has 1 saturated heterocycles. The van der Waals surface area contributed by atoms with Gasteiger partial charge in [0.2, 0.25) is 0 Å². The van der Waals surface area contributed by atoms with Crippen molar-refractivity contribution in [2.45, 2.75) is 24.4 Å². The topological polar surface area (TPSA) is 91.6 Å². The number of sulfonamides is 1. The summed E-state index contributed by atoms with van der Waals surface area (Å²) in [5, 5.41) is -0.0251. The highest BCUT2D eigenvalue weighted by Gasteiger charge is 2.38. The highest BCUT2D eigenvalue weighted by atomic mass is 32.2. The lowest BCUT2D eigenvalue weighted by molar-refractivity contribution is 0.0800. The van der Waals surface area contributed by atoms with Crippen LogP contribution < -0.4 is 11.3 Å². The van der Waals surface area contributed by atoms with Crippen LogP contribution >= 0.6 is 0 Å². The van der Waals surface area contributed by atoms with Crippen molar-refractivity contribution in [2.75, 3.05) is 32.1 Å². The number of nitrogen functional groups attached to an aromatic ring is 1. The van der Waals surface area contributed by atoms with Crippen LogP contribution in [0.25, 0.3) is 0 Å². The van der Waals surface area contributed by atoms with Crippen LogP contribution in [0.5, 0.6) is 0 Å². The summed E-state index contributed by atoms with van der Waals surface area (Å²) in [7, 11) is -1.65. The van der Waals surface area contributed by atoms with Crippen molar-refractivity contribution in [2.24, 2.45) is 5.84 Å². The lowest BCUT2D eigenvalue weighted by atomic mass is 10.0. The molecule has 0 amide bonds. The fraction of sp³-hybridized carbons (Fsp3) is 0.583. The summed E-state index contributed by atoms with van der Waals surface area (Å²) in [4.78, 5) is 6.13. The van der Waals surface area contributed by atoms with E-state index >= 15 is 0 Å². The summed E-state index contributed by atoms with van der Waals surface area (Å²) in [6.07, 6.45) is 1.45. The molecule has 0 unspecified atom stereocenters.